The number of rotatable bonds is 5. The lowest BCUT2D eigenvalue weighted by molar-refractivity contribution is 0.404. The minimum atomic E-state index is 0.628. The summed E-state index contributed by atoms with van der Waals surface area (Å²) < 4.78 is 0. The first-order valence-corrected chi connectivity index (χ1v) is 9.03. The molecule has 1 aromatic heterocycles. The van der Waals surface area contributed by atoms with Gasteiger partial charge in [-0.05, 0) is 56.2 Å². The summed E-state index contributed by atoms with van der Waals surface area (Å²) in [5, 5.41) is 3.75. The van der Waals surface area contributed by atoms with Crippen LogP contribution in [0.2, 0.25) is 0 Å². The number of hydrogen-bond donors (Lipinski definition) is 1. The van der Waals surface area contributed by atoms with Crippen molar-refractivity contribution in [1.29, 1.82) is 0 Å². The Balaban J connectivity index is 1.72. The predicted octanol–water partition coefficient (Wildman–Crippen LogP) is 4.86. The van der Waals surface area contributed by atoms with E-state index in [9.17, 15) is 0 Å². The minimum absolute atomic E-state index is 0.628. The average Bonchev–Trinajstić information content (AvgIpc) is 3.06. The molecule has 2 aliphatic carbocycles. The Morgan fingerprint density at radius 3 is 2.74 bits per heavy atom. The van der Waals surface area contributed by atoms with Gasteiger partial charge in [-0.3, -0.25) is 0 Å². The van der Waals surface area contributed by atoms with Crippen molar-refractivity contribution in [3.63, 3.8) is 0 Å². The molecule has 2 heteroatoms. The molecular weight excluding hydrogens is 250 g/mol. The van der Waals surface area contributed by atoms with Crippen molar-refractivity contribution in [2.45, 2.75) is 70.8 Å². The van der Waals surface area contributed by atoms with Crippen molar-refractivity contribution < 1.29 is 0 Å². The zero-order chi connectivity index (χ0) is 13.1. The van der Waals surface area contributed by atoms with Crippen LogP contribution in [-0.4, -0.2) is 6.54 Å². The number of nitrogens with one attached hydrogen (secondary N) is 1. The highest BCUT2D eigenvalue weighted by Gasteiger charge is 2.23. The number of fused-ring (bicyclic) bond motifs is 1. The van der Waals surface area contributed by atoms with Gasteiger partial charge in [0, 0.05) is 15.8 Å². The Bertz CT molecular complexity index is 380. The van der Waals surface area contributed by atoms with Crippen LogP contribution < -0.4 is 5.32 Å². The molecule has 1 atom stereocenters. The standard InChI is InChI=1S/C17H27NS/c1-2-18-15(11-13-7-3-4-8-13)17-12-14-9-5-6-10-16(14)19-17/h12-13,15,18H,2-11H2,1H3. The van der Waals surface area contributed by atoms with Crippen molar-refractivity contribution in [3.05, 3.63) is 21.4 Å². The van der Waals surface area contributed by atoms with Crippen LogP contribution in [0.25, 0.3) is 0 Å². The van der Waals surface area contributed by atoms with E-state index >= 15 is 0 Å². The third-order valence-corrected chi connectivity index (χ3v) is 6.20. The van der Waals surface area contributed by atoms with Crippen LogP contribution in [0.5, 0.6) is 0 Å². The van der Waals surface area contributed by atoms with E-state index in [1.165, 1.54) is 57.8 Å². The second-order valence-corrected chi connectivity index (χ2v) is 7.47. The first-order valence-electron chi connectivity index (χ1n) is 8.21. The summed E-state index contributed by atoms with van der Waals surface area (Å²) >= 11 is 2.10. The van der Waals surface area contributed by atoms with E-state index in [0.29, 0.717) is 6.04 Å². The van der Waals surface area contributed by atoms with Crippen LogP contribution in [0.15, 0.2) is 6.07 Å². The van der Waals surface area contributed by atoms with Crippen LogP contribution >= 0.6 is 11.3 Å². The predicted molar refractivity (Wildman–Crippen MR) is 84.0 cm³/mol. The monoisotopic (exact) mass is 277 g/mol. The van der Waals surface area contributed by atoms with Crippen molar-refractivity contribution in [3.8, 4) is 0 Å². The molecule has 0 saturated heterocycles. The molecule has 1 fully saturated rings. The fraction of sp³-hybridized carbons (Fsp3) is 0.765. The van der Waals surface area contributed by atoms with E-state index in [2.05, 4.69) is 29.6 Å². The molecule has 106 valence electrons. The van der Waals surface area contributed by atoms with Crippen LogP contribution in [0.3, 0.4) is 0 Å². The molecule has 0 aliphatic heterocycles. The summed E-state index contributed by atoms with van der Waals surface area (Å²) in [6.07, 6.45) is 12.7. The quantitative estimate of drug-likeness (QED) is 0.810. The van der Waals surface area contributed by atoms with Gasteiger partial charge in [-0.25, -0.2) is 0 Å². The second-order valence-electron chi connectivity index (χ2n) is 6.30. The highest BCUT2D eigenvalue weighted by molar-refractivity contribution is 7.12. The van der Waals surface area contributed by atoms with Gasteiger partial charge in [-0.2, -0.15) is 0 Å². The van der Waals surface area contributed by atoms with Gasteiger partial charge in [0.2, 0.25) is 0 Å². The van der Waals surface area contributed by atoms with E-state index < -0.39 is 0 Å². The molecule has 1 saturated carbocycles. The van der Waals surface area contributed by atoms with Crippen molar-refractivity contribution in [1.82, 2.24) is 5.32 Å². The molecule has 0 bridgehead atoms. The van der Waals surface area contributed by atoms with E-state index in [0.717, 1.165) is 12.5 Å². The molecule has 19 heavy (non-hydrogen) atoms. The molecule has 1 nitrogen and oxygen atoms in total. The third-order valence-electron chi connectivity index (χ3n) is 4.85. The second kappa shape index (κ2) is 6.41. The van der Waals surface area contributed by atoms with Gasteiger partial charge in [-0.1, -0.05) is 32.6 Å². The molecule has 3 rings (SSSR count). The van der Waals surface area contributed by atoms with Gasteiger partial charge in [-0.15, -0.1) is 11.3 Å². The molecule has 2 aliphatic rings. The molecule has 1 N–H and O–H groups in total. The summed E-state index contributed by atoms with van der Waals surface area (Å²) in [4.78, 5) is 3.32. The van der Waals surface area contributed by atoms with Crippen LogP contribution in [0, 0.1) is 5.92 Å². The van der Waals surface area contributed by atoms with E-state index in [4.69, 9.17) is 0 Å². The van der Waals surface area contributed by atoms with Gasteiger partial charge in [0.05, 0.1) is 0 Å². The summed E-state index contributed by atoms with van der Waals surface area (Å²) in [5.74, 6) is 0.975. The normalized spacial score (nSPS) is 21.5. The summed E-state index contributed by atoms with van der Waals surface area (Å²) in [7, 11) is 0. The summed E-state index contributed by atoms with van der Waals surface area (Å²) in [5.41, 5.74) is 1.67. The van der Waals surface area contributed by atoms with Gasteiger partial charge in [0.15, 0.2) is 0 Å². The lowest BCUT2D eigenvalue weighted by Gasteiger charge is -2.20. The Morgan fingerprint density at radius 2 is 2.00 bits per heavy atom. The van der Waals surface area contributed by atoms with Crippen molar-refractivity contribution >= 4 is 11.3 Å². The lowest BCUT2D eigenvalue weighted by Crippen LogP contribution is -2.22. The molecular formula is C17H27NS. The topological polar surface area (TPSA) is 12.0 Å². The van der Waals surface area contributed by atoms with Gasteiger partial charge in [0.1, 0.15) is 0 Å². The molecule has 1 unspecified atom stereocenters. The molecule has 0 aromatic carbocycles. The van der Waals surface area contributed by atoms with Gasteiger partial charge >= 0.3 is 0 Å². The average molecular weight is 277 g/mol. The maximum absolute atomic E-state index is 3.75. The molecule has 1 aromatic rings. The van der Waals surface area contributed by atoms with Crippen molar-refractivity contribution in [2.24, 2.45) is 5.92 Å². The highest BCUT2D eigenvalue weighted by Crippen LogP contribution is 2.38. The maximum Gasteiger partial charge on any atom is 0.0417 e. The van der Waals surface area contributed by atoms with Crippen LogP contribution in [0.4, 0.5) is 0 Å². The first kappa shape index (κ1) is 13.6. The van der Waals surface area contributed by atoms with Crippen molar-refractivity contribution in [2.75, 3.05) is 6.54 Å². The van der Waals surface area contributed by atoms with E-state index in [-0.39, 0.29) is 0 Å². The lowest BCUT2D eigenvalue weighted by atomic mass is 9.95. The van der Waals surface area contributed by atoms with E-state index in [1.54, 1.807) is 15.3 Å². The number of aryl methyl sites for hydroxylation is 2. The smallest absolute Gasteiger partial charge is 0.0417 e. The highest BCUT2D eigenvalue weighted by atomic mass is 32.1. The molecule has 0 radical (unpaired) electrons. The van der Waals surface area contributed by atoms with Crippen LogP contribution in [-0.2, 0) is 12.8 Å². The fourth-order valence-corrected chi connectivity index (χ4v) is 5.16. The third kappa shape index (κ3) is 3.22. The van der Waals surface area contributed by atoms with Crippen LogP contribution in [0.1, 0.15) is 73.2 Å². The number of thiophene rings is 1. The Morgan fingerprint density at radius 1 is 1.21 bits per heavy atom. The van der Waals surface area contributed by atoms with E-state index in [1.807, 2.05) is 0 Å². The van der Waals surface area contributed by atoms with Gasteiger partial charge in [0.25, 0.3) is 0 Å². The zero-order valence-corrected chi connectivity index (χ0v) is 13.0. The Kier molecular flexibility index (Phi) is 4.60. The summed E-state index contributed by atoms with van der Waals surface area (Å²) in [6, 6.07) is 3.16. The molecule has 0 amide bonds. The fourth-order valence-electron chi connectivity index (χ4n) is 3.81. The van der Waals surface area contributed by atoms with Gasteiger partial charge < -0.3 is 5.32 Å². The molecule has 1 heterocycles. The number of hydrogen-bond acceptors (Lipinski definition) is 2. The summed E-state index contributed by atoms with van der Waals surface area (Å²) in [6.45, 7) is 3.34. The SMILES string of the molecule is CCNC(CC1CCCC1)c1cc2c(s1)CCCC2. The molecule has 0 spiro atoms. The zero-order valence-electron chi connectivity index (χ0n) is 12.2. The maximum atomic E-state index is 3.75. The minimum Gasteiger partial charge on any atom is -0.310 e. The largest absolute Gasteiger partial charge is 0.310 e. The first-order chi connectivity index (χ1) is 9.36. The Hall–Kier alpha value is -0.340. The Labute approximate surface area is 121 Å².